The second-order valence-corrected chi connectivity index (χ2v) is 8.33. The molecule has 1 unspecified atom stereocenters. The monoisotopic (exact) mass is 434 g/mol. The first kappa shape index (κ1) is 21.4. The first-order valence-corrected chi connectivity index (χ1v) is 10.4. The Morgan fingerprint density at radius 1 is 1.29 bits per heavy atom. The van der Waals surface area contributed by atoms with Gasteiger partial charge in [0.2, 0.25) is 5.88 Å². The summed E-state index contributed by atoms with van der Waals surface area (Å²) in [4.78, 5) is 22.8. The number of rotatable bonds is 6. The van der Waals surface area contributed by atoms with Gasteiger partial charge in [0, 0.05) is 32.0 Å². The van der Waals surface area contributed by atoms with E-state index in [0.29, 0.717) is 48.3 Å². The number of hydrogen-bond acceptors (Lipinski definition) is 5. The lowest BCUT2D eigenvalue weighted by Crippen LogP contribution is -2.30. The third kappa shape index (κ3) is 4.60. The van der Waals surface area contributed by atoms with Gasteiger partial charge in [-0.15, -0.1) is 0 Å². The van der Waals surface area contributed by atoms with Crippen LogP contribution in [0.25, 0.3) is 11.1 Å². The highest BCUT2D eigenvalue weighted by molar-refractivity contribution is 6.04. The second kappa shape index (κ2) is 8.36. The summed E-state index contributed by atoms with van der Waals surface area (Å²) in [5.74, 6) is 0.799. The van der Waals surface area contributed by atoms with Crippen LogP contribution in [0.15, 0.2) is 24.5 Å². The minimum Gasteiger partial charge on any atom is -0.480 e. The Kier molecular flexibility index (Phi) is 5.77. The van der Waals surface area contributed by atoms with Crippen molar-refractivity contribution in [1.82, 2.24) is 15.3 Å². The molecule has 0 aromatic carbocycles. The lowest BCUT2D eigenvalue weighted by atomic mass is 10.0. The number of carbonyl (C=O) groups excluding carboxylic acids is 1. The van der Waals surface area contributed by atoms with Gasteiger partial charge in [0.25, 0.3) is 5.91 Å². The van der Waals surface area contributed by atoms with Crippen LogP contribution < -0.4 is 15.0 Å². The van der Waals surface area contributed by atoms with Crippen LogP contribution in [0.4, 0.5) is 18.9 Å². The summed E-state index contributed by atoms with van der Waals surface area (Å²) in [5, 5.41) is 2.95. The van der Waals surface area contributed by atoms with Crippen LogP contribution in [0, 0.1) is 11.8 Å². The highest BCUT2D eigenvalue weighted by atomic mass is 19.4. The zero-order valence-corrected chi connectivity index (χ0v) is 17.5. The first-order valence-electron chi connectivity index (χ1n) is 10.4. The molecule has 9 heteroatoms. The average Bonchev–Trinajstić information content (AvgIpc) is 3.49. The highest BCUT2D eigenvalue weighted by Crippen LogP contribution is 2.43. The molecule has 3 heterocycles. The number of carbonyl (C=O) groups is 1. The van der Waals surface area contributed by atoms with E-state index in [1.54, 1.807) is 0 Å². The van der Waals surface area contributed by atoms with Crippen LogP contribution in [0.2, 0.25) is 0 Å². The second-order valence-electron chi connectivity index (χ2n) is 8.33. The van der Waals surface area contributed by atoms with Gasteiger partial charge in [-0.1, -0.05) is 6.92 Å². The Morgan fingerprint density at radius 3 is 2.68 bits per heavy atom. The minimum absolute atomic E-state index is 0.174. The summed E-state index contributed by atoms with van der Waals surface area (Å²) >= 11 is 0. The van der Waals surface area contributed by atoms with Gasteiger partial charge in [0.1, 0.15) is 5.69 Å². The number of halogens is 3. The number of methoxy groups -OCH3 is 1. The molecule has 1 saturated heterocycles. The summed E-state index contributed by atoms with van der Waals surface area (Å²) in [6.45, 7) is 4.09. The number of anilines is 1. The summed E-state index contributed by atoms with van der Waals surface area (Å²) in [7, 11) is 1.42. The predicted octanol–water partition coefficient (Wildman–Crippen LogP) is 4.16. The van der Waals surface area contributed by atoms with E-state index in [2.05, 4.69) is 22.2 Å². The first-order chi connectivity index (χ1) is 14.8. The number of pyridine rings is 2. The van der Waals surface area contributed by atoms with Crippen molar-refractivity contribution in [2.75, 3.05) is 31.6 Å². The van der Waals surface area contributed by atoms with E-state index in [9.17, 15) is 18.0 Å². The molecule has 1 atom stereocenters. The summed E-state index contributed by atoms with van der Waals surface area (Å²) in [6, 6.07) is 2.47. The number of amides is 1. The third-order valence-corrected chi connectivity index (χ3v) is 5.78. The van der Waals surface area contributed by atoms with E-state index in [4.69, 9.17) is 4.74 Å². The molecule has 6 nitrogen and oxygen atoms in total. The molecular weight excluding hydrogens is 409 g/mol. The van der Waals surface area contributed by atoms with Gasteiger partial charge in [0.15, 0.2) is 0 Å². The topological polar surface area (TPSA) is 67.3 Å². The van der Waals surface area contributed by atoms with Gasteiger partial charge in [-0.05, 0) is 48.8 Å². The number of hydrogen-bond donors (Lipinski definition) is 1. The van der Waals surface area contributed by atoms with Gasteiger partial charge >= 0.3 is 6.18 Å². The summed E-state index contributed by atoms with van der Waals surface area (Å²) in [5.41, 5.74) is 0.540. The summed E-state index contributed by atoms with van der Waals surface area (Å²) in [6.07, 6.45) is 1.11. The van der Waals surface area contributed by atoms with Gasteiger partial charge in [-0.3, -0.25) is 9.78 Å². The number of nitrogens with zero attached hydrogens (tertiary/aromatic N) is 3. The van der Waals surface area contributed by atoms with Gasteiger partial charge in [-0.25, -0.2) is 4.98 Å². The van der Waals surface area contributed by atoms with E-state index in [-0.39, 0.29) is 17.4 Å². The van der Waals surface area contributed by atoms with Crippen LogP contribution in [0.5, 0.6) is 5.88 Å². The predicted molar refractivity (Wildman–Crippen MR) is 110 cm³/mol. The van der Waals surface area contributed by atoms with Crippen molar-refractivity contribution in [2.24, 2.45) is 11.8 Å². The van der Waals surface area contributed by atoms with Crippen LogP contribution in [-0.4, -0.2) is 42.6 Å². The Labute approximate surface area is 178 Å². The molecule has 2 aromatic rings. The molecule has 1 aliphatic carbocycles. The largest absolute Gasteiger partial charge is 0.480 e. The lowest BCUT2D eigenvalue weighted by Gasteiger charge is -2.26. The Morgan fingerprint density at radius 2 is 2.06 bits per heavy atom. The van der Waals surface area contributed by atoms with Crippen molar-refractivity contribution in [3.8, 4) is 17.0 Å². The highest BCUT2D eigenvalue weighted by Gasteiger charge is 2.34. The van der Waals surface area contributed by atoms with Crippen LogP contribution >= 0.6 is 0 Å². The maximum Gasteiger partial charge on any atom is 0.433 e. The number of aromatic nitrogens is 2. The molecule has 31 heavy (non-hydrogen) atoms. The number of alkyl halides is 3. The normalized spacial score (nSPS) is 18.9. The number of nitrogens with one attached hydrogen (secondary N) is 1. The van der Waals surface area contributed by atoms with E-state index < -0.39 is 11.9 Å². The molecule has 1 amide bonds. The van der Waals surface area contributed by atoms with Crippen molar-refractivity contribution in [2.45, 2.75) is 32.4 Å². The van der Waals surface area contributed by atoms with Gasteiger partial charge in [-0.2, -0.15) is 13.2 Å². The van der Waals surface area contributed by atoms with Crippen LogP contribution in [-0.2, 0) is 6.18 Å². The smallest absolute Gasteiger partial charge is 0.433 e. The molecule has 166 valence electrons. The molecule has 1 N–H and O–H groups in total. The Bertz CT molecular complexity index is 976. The van der Waals surface area contributed by atoms with Crippen molar-refractivity contribution in [3.63, 3.8) is 0 Å². The molecule has 0 spiro atoms. The molecule has 1 saturated carbocycles. The molecule has 0 bridgehead atoms. The molecule has 2 fully saturated rings. The zero-order chi connectivity index (χ0) is 22.2. The fraction of sp³-hybridized carbons (Fsp3) is 0.500. The maximum atomic E-state index is 13.3. The summed E-state index contributed by atoms with van der Waals surface area (Å²) < 4.78 is 45.4. The van der Waals surface area contributed by atoms with Crippen LogP contribution in [0.3, 0.4) is 0 Å². The maximum absolute atomic E-state index is 13.3. The molecule has 1 aliphatic heterocycles. The van der Waals surface area contributed by atoms with Gasteiger partial charge < -0.3 is 15.0 Å². The molecule has 0 radical (unpaired) electrons. The molecule has 2 aliphatic rings. The quantitative estimate of drug-likeness (QED) is 0.740. The van der Waals surface area contributed by atoms with Gasteiger partial charge in [0.05, 0.1) is 23.9 Å². The fourth-order valence-corrected chi connectivity index (χ4v) is 3.93. The standard InChI is InChI=1S/C22H25F3N4O2/c1-13-6-8-29(12-13)19-16(20(30)27-10-14-3-4-14)11-28-21(31-2)18(19)15-5-7-26-17(9-15)22(23,24)25/h5,7,9,11,13-14H,3-4,6,8,10,12H2,1-2H3,(H,27,30). The lowest BCUT2D eigenvalue weighted by molar-refractivity contribution is -0.141. The van der Waals surface area contributed by atoms with E-state index in [0.717, 1.165) is 31.5 Å². The van der Waals surface area contributed by atoms with Crippen molar-refractivity contribution in [3.05, 3.63) is 35.8 Å². The Hall–Kier alpha value is -2.84. The minimum atomic E-state index is -4.59. The number of ether oxygens (including phenoxy) is 1. The van der Waals surface area contributed by atoms with E-state index >= 15 is 0 Å². The van der Waals surface area contributed by atoms with Crippen LogP contribution in [0.1, 0.15) is 42.2 Å². The molecule has 2 aromatic heterocycles. The van der Waals surface area contributed by atoms with Crippen molar-refractivity contribution in [1.29, 1.82) is 0 Å². The van der Waals surface area contributed by atoms with E-state index in [1.807, 2.05) is 4.90 Å². The molecular formula is C22H25F3N4O2. The Balaban J connectivity index is 1.85. The van der Waals surface area contributed by atoms with E-state index in [1.165, 1.54) is 19.4 Å². The van der Waals surface area contributed by atoms with Crippen molar-refractivity contribution < 1.29 is 22.7 Å². The van der Waals surface area contributed by atoms with Crippen molar-refractivity contribution >= 4 is 11.6 Å². The molecule has 4 rings (SSSR count). The fourth-order valence-electron chi connectivity index (χ4n) is 3.93. The average molecular weight is 434 g/mol. The SMILES string of the molecule is COc1ncc(C(=O)NCC2CC2)c(N2CCC(C)C2)c1-c1ccnc(C(F)(F)F)c1. The third-order valence-electron chi connectivity index (χ3n) is 5.78. The zero-order valence-electron chi connectivity index (χ0n) is 17.5.